The van der Waals surface area contributed by atoms with Gasteiger partial charge in [0.15, 0.2) is 11.5 Å². The Morgan fingerprint density at radius 3 is 2.47 bits per heavy atom. The van der Waals surface area contributed by atoms with Gasteiger partial charge < -0.3 is 14.5 Å². The monoisotopic (exact) mass is 432 g/mol. The number of methoxy groups -OCH3 is 1. The summed E-state index contributed by atoms with van der Waals surface area (Å²) < 4.78 is 37.1. The molecule has 2 aromatic carbocycles. The summed E-state index contributed by atoms with van der Waals surface area (Å²) >= 11 is 0. The molecule has 8 heteroatoms. The van der Waals surface area contributed by atoms with Crippen LogP contribution >= 0.6 is 0 Å². The number of benzene rings is 2. The van der Waals surface area contributed by atoms with Crippen molar-refractivity contribution in [3.63, 3.8) is 0 Å². The molecule has 0 aliphatic carbocycles. The van der Waals surface area contributed by atoms with Gasteiger partial charge in [0.2, 0.25) is 0 Å². The molecule has 1 aromatic heterocycles. The highest BCUT2D eigenvalue weighted by atomic mass is 32.2. The lowest BCUT2D eigenvalue weighted by Gasteiger charge is -2.20. The summed E-state index contributed by atoms with van der Waals surface area (Å²) in [7, 11) is -1.85. The molecule has 0 unspecified atom stereocenters. The topological polar surface area (TPSA) is 90.4 Å². The third-order valence-corrected chi connectivity index (χ3v) is 5.97. The van der Waals surface area contributed by atoms with Crippen LogP contribution in [0.15, 0.2) is 41.2 Å². The van der Waals surface area contributed by atoms with Crippen molar-refractivity contribution in [2.45, 2.75) is 32.7 Å². The molecular weight excluding hydrogens is 404 g/mol. The highest BCUT2D eigenvalue weighted by Crippen LogP contribution is 2.33. The Kier molecular flexibility index (Phi) is 6.26. The number of ether oxygens (including phenoxy) is 2. The molecule has 7 nitrogen and oxygen atoms in total. The maximum absolute atomic E-state index is 13.0. The zero-order valence-electron chi connectivity index (χ0n) is 17.9. The number of rotatable bonds is 8. The van der Waals surface area contributed by atoms with Crippen LogP contribution in [0.1, 0.15) is 43.9 Å². The number of aromatic amines is 1. The molecule has 1 atom stereocenters. The molecule has 30 heavy (non-hydrogen) atoms. The van der Waals surface area contributed by atoms with Crippen LogP contribution in [0.3, 0.4) is 0 Å². The quantitative estimate of drug-likeness (QED) is 0.588. The summed E-state index contributed by atoms with van der Waals surface area (Å²) in [5, 5.41) is 0. The van der Waals surface area contributed by atoms with E-state index < -0.39 is 15.9 Å². The van der Waals surface area contributed by atoms with Gasteiger partial charge in [-0.1, -0.05) is 32.0 Å². The van der Waals surface area contributed by atoms with E-state index in [9.17, 15) is 13.2 Å². The first kappa shape index (κ1) is 22.0. The number of fused-ring (bicyclic) bond motifs is 1. The minimum Gasteiger partial charge on any atom is -0.493 e. The number of sulfone groups is 1. The van der Waals surface area contributed by atoms with E-state index in [0.29, 0.717) is 29.2 Å². The van der Waals surface area contributed by atoms with Crippen molar-refractivity contribution >= 4 is 20.9 Å². The molecule has 0 saturated carbocycles. The molecule has 0 bridgehead atoms. The molecule has 162 valence electrons. The van der Waals surface area contributed by atoms with Crippen molar-refractivity contribution < 1.29 is 17.9 Å². The molecule has 0 aliphatic heterocycles. The number of para-hydroxylation sites is 1. The normalized spacial score (nSPS) is 13.0. The van der Waals surface area contributed by atoms with Crippen LogP contribution < -0.4 is 15.2 Å². The minimum absolute atomic E-state index is 0.208. The van der Waals surface area contributed by atoms with Crippen molar-refractivity contribution in [3.8, 4) is 11.5 Å². The summed E-state index contributed by atoms with van der Waals surface area (Å²) in [6.07, 6.45) is 1.17. The number of H-pyrrole nitrogens is 1. The largest absolute Gasteiger partial charge is 0.493 e. The predicted octanol–water partition coefficient (Wildman–Crippen LogP) is 3.49. The molecule has 0 aliphatic rings. The maximum atomic E-state index is 13.0. The van der Waals surface area contributed by atoms with Crippen LogP contribution in [0.2, 0.25) is 0 Å². The van der Waals surface area contributed by atoms with E-state index >= 15 is 0 Å². The van der Waals surface area contributed by atoms with Gasteiger partial charge in [0, 0.05) is 6.26 Å². The lowest BCUT2D eigenvalue weighted by atomic mass is 10.0. The second-order valence-electron chi connectivity index (χ2n) is 7.65. The molecular formula is C22H28N2O5S. The van der Waals surface area contributed by atoms with E-state index in [2.05, 4.69) is 18.8 Å². The summed E-state index contributed by atoms with van der Waals surface area (Å²) in [5.74, 6) is 1.04. The molecule has 1 N–H and O–H groups in total. The van der Waals surface area contributed by atoms with Crippen molar-refractivity contribution in [2.75, 3.05) is 25.7 Å². The van der Waals surface area contributed by atoms with Crippen LogP contribution in [0, 0.1) is 0 Å². The molecule has 3 rings (SSSR count). The van der Waals surface area contributed by atoms with E-state index in [1.807, 2.05) is 25.1 Å². The standard InChI is InChI=1S/C22H28N2O5S/c1-6-29-20-12-15(10-11-19(20)28-4)18(13-30(5,26)27)24-17-9-7-8-16(14(2)3)21(17)23-22(24)25/h7-12,14,18H,6,13H2,1-5H3,(H,23,25)/t18-/m0/s1. The van der Waals surface area contributed by atoms with Crippen LogP contribution in [0.4, 0.5) is 0 Å². The van der Waals surface area contributed by atoms with Crippen molar-refractivity contribution in [3.05, 3.63) is 58.0 Å². The van der Waals surface area contributed by atoms with E-state index in [-0.39, 0.29) is 17.4 Å². The highest BCUT2D eigenvalue weighted by Gasteiger charge is 2.25. The van der Waals surface area contributed by atoms with Gasteiger partial charge >= 0.3 is 5.69 Å². The Morgan fingerprint density at radius 1 is 1.13 bits per heavy atom. The van der Waals surface area contributed by atoms with E-state index in [0.717, 1.165) is 11.1 Å². The maximum Gasteiger partial charge on any atom is 0.327 e. The zero-order chi connectivity index (χ0) is 22.1. The van der Waals surface area contributed by atoms with Crippen molar-refractivity contribution in [2.24, 2.45) is 0 Å². The first-order valence-electron chi connectivity index (χ1n) is 9.87. The Morgan fingerprint density at radius 2 is 1.87 bits per heavy atom. The van der Waals surface area contributed by atoms with Crippen LogP contribution in [-0.4, -0.2) is 43.7 Å². The summed E-state index contributed by atoms with van der Waals surface area (Å²) in [5.41, 5.74) is 2.72. The second kappa shape index (κ2) is 8.55. The Balaban J connectivity index is 2.27. The van der Waals surface area contributed by atoms with Gasteiger partial charge in [-0.25, -0.2) is 13.2 Å². The molecule has 3 aromatic rings. The van der Waals surface area contributed by atoms with Crippen LogP contribution in [0.25, 0.3) is 11.0 Å². The van der Waals surface area contributed by atoms with Gasteiger partial charge in [0.1, 0.15) is 9.84 Å². The fraction of sp³-hybridized carbons (Fsp3) is 0.409. The first-order chi connectivity index (χ1) is 14.2. The smallest absolute Gasteiger partial charge is 0.327 e. The van der Waals surface area contributed by atoms with E-state index in [1.165, 1.54) is 10.8 Å². The number of hydrogen-bond acceptors (Lipinski definition) is 5. The Labute approximate surface area is 176 Å². The number of hydrogen-bond donors (Lipinski definition) is 1. The van der Waals surface area contributed by atoms with Crippen molar-refractivity contribution in [1.82, 2.24) is 9.55 Å². The summed E-state index contributed by atoms with van der Waals surface area (Å²) in [4.78, 5) is 15.9. The lowest BCUT2D eigenvalue weighted by molar-refractivity contribution is 0.310. The zero-order valence-corrected chi connectivity index (χ0v) is 18.7. The number of imidazole rings is 1. The SMILES string of the molecule is CCOc1cc([C@H](CS(C)(=O)=O)n2c(=O)[nH]c3c(C(C)C)cccc32)ccc1OC. The number of aromatic nitrogens is 2. The summed E-state index contributed by atoms with van der Waals surface area (Å²) in [6, 6.07) is 10.2. The molecule has 0 radical (unpaired) electrons. The van der Waals surface area contributed by atoms with Gasteiger partial charge in [-0.2, -0.15) is 0 Å². The van der Waals surface area contributed by atoms with Gasteiger partial charge in [0.25, 0.3) is 0 Å². The third kappa shape index (κ3) is 4.38. The molecule has 0 spiro atoms. The van der Waals surface area contributed by atoms with Crippen molar-refractivity contribution in [1.29, 1.82) is 0 Å². The minimum atomic E-state index is -3.40. The number of nitrogens with one attached hydrogen (secondary N) is 1. The van der Waals surface area contributed by atoms with E-state index in [4.69, 9.17) is 9.47 Å². The van der Waals surface area contributed by atoms with Gasteiger partial charge in [-0.05, 0) is 42.2 Å². The second-order valence-corrected chi connectivity index (χ2v) is 9.83. The highest BCUT2D eigenvalue weighted by molar-refractivity contribution is 7.90. The van der Waals surface area contributed by atoms with Gasteiger partial charge in [0.05, 0.1) is 36.5 Å². The average molecular weight is 433 g/mol. The Hall–Kier alpha value is -2.74. The van der Waals surface area contributed by atoms with Gasteiger partial charge in [-0.15, -0.1) is 0 Å². The lowest BCUT2D eigenvalue weighted by Crippen LogP contribution is -2.28. The van der Waals surface area contributed by atoms with Gasteiger partial charge in [-0.3, -0.25) is 4.57 Å². The fourth-order valence-electron chi connectivity index (χ4n) is 3.74. The van der Waals surface area contributed by atoms with Crippen LogP contribution in [-0.2, 0) is 9.84 Å². The third-order valence-electron chi connectivity index (χ3n) is 5.05. The molecule has 1 heterocycles. The average Bonchev–Trinajstić information content (AvgIpc) is 3.01. The molecule has 0 saturated heterocycles. The molecule has 0 fully saturated rings. The fourth-order valence-corrected chi connectivity index (χ4v) is 4.65. The molecule has 0 amide bonds. The Bertz CT molecular complexity index is 1210. The first-order valence-corrected chi connectivity index (χ1v) is 11.9. The summed E-state index contributed by atoms with van der Waals surface area (Å²) in [6.45, 7) is 6.39. The van der Waals surface area contributed by atoms with E-state index in [1.54, 1.807) is 25.3 Å². The number of nitrogens with zero attached hydrogens (tertiary/aromatic N) is 1. The predicted molar refractivity (Wildman–Crippen MR) is 119 cm³/mol. The van der Waals surface area contributed by atoms with Crippen LogP contribution in [0.5, 0.6) is 11.5 Å².